The quantitative estimate of drug-likeness (QED) is 0.218. The molecule has 0 spiro atoms. The Hall–Kier alpha value is -4.35. The van der Waals surface area contributed by atoms with Crippen molar-refractivity contribution >= 4 is 70.1 Å². The van der Waals surface area contributed by atoms with E-state index in [-0.39, 0.29) is 0 Å². The monoisotopic (exact) mass is 464 g/mol. The molecule has 5 heteroatoms. The number of imidazole rings is 1. The number of nitrogens with zero attached hydrogens (tertiary/aromatic N) is 4. The van der Waals surface area contributed by atoms with Crippen LogP contribution in [0.4, 0.5) is 0 Å². The fourth-order valence-electron chi connectivity index (χ4n) is 5.95. The molecule has 3 aromatic carbocycles. The predicted molar refractivity (Wildman–Crippen MR) is 144 cm³/mol. The van der Waals surface area contributed by atoms with Gasteiger partial charge in [0.15, 0.2) is 5.65 Å². The van der Waals surface area contributed by atoms with Gasteiger partial charge in [-0.05, 0) is 82.6 Å². The maximum absolute atomic E-state index is 4.95. The van der Waals surface area contributed by atoms with Crippen molar-refractivity contribution in [3.63, 3.8) is 0 Å². The molecule has 0 radical (unpaired) electrons. The molecular weight excluding hydrogens is 448 g/mol. The minimum atomic E-state index is 0.749. The van der Waals surface area contributed by atoms with E-state index in [0.29, 0.717) is 0 Å². The van der Waals surface area contributed by atoms with Crippen LogP contribution in [0.2, 0.25) is 0 Å². The second-order valence-corrected chi connectivity index (χ2v) is 10.4. The normalized spacial score (nSPS) is 13.0. The first-order chi connectivity index (χ1) is 17.3. The number of rotatable bonds is 0. The smallest absolute Gasteiger partial charge is 0.178 e. The first-order valence-electron chi connectivity index (χ1n) is 11.7. The molecule has 0 N–H and O–H groups in total. The summed E-state index contributed by atoms with van der Waals surface area (Å²) in [7, 11) is 0. The van der Waals surface area contributed by atoms with Crippen LogP contribution in [0.5, 0.6) is 0 Å². The van der Waals surface area contributed by atoms with E-state index in [0.717, 1.165) is 39.7 Å². The summed E-state index contributed by atoms with van der Waals surface area (Å²) >= 11 is 1.87. The van der Waals surface area contributed by atoms with Crippen LogP contribution >= 0.6 is 11.3 Å². The first-order valence-corrected chi connectivity index (χ1v) is 12.6. The van der Waals surface area contributed by atoms with Gasteiger partial charge in [0.05, 0.1) is 5.52 Å². The van der Waals surface area contributed by atoms with E-state index in [1.165, 1.54) is 47.8 Å². The lowest BCUT2D eigenvalue weighted by Gasteiger charge is -2.08. The summed E-state index contributed by atoms with van der Waals surface area (Å²) < 4.78 is 4.78. The summed E-state index contributed by atoms with van der Waals surface area (Å²) in [6.07, 6.45) is 4.66. The number of benzene rings is 3. The zero-order valence-electron chi connectivity index (χ0n) is 18.5. The highest BCUT2D eigenvalue weighted by molar-refractivity contribution is 7.26. The minimum Gasteiger partial charge on any atom is -0.274 e. The Bertz CT molecular complexity index is 2200. The summed E-state index contributed by atoms with van der Waals surface area (Å²) in [4.78, 5) is 14.3. The van der Waals surface area contributed by atoms with Gasteiger partial charge in [0.1, 0.15) is 11.3 Å². The van der Waals surface area contributed by atoms with E-state index >= 15 is 0 Å². The van der Waals surface area contributed by atoms with Crippen LogP contribution in [0, 0.1) is 0 Å². The van der Waals surface area contributed by atoms with E-state index < -0.39 is 0 Å². The number of pyridine rings is 3. The molecule has 0 fully saturated rings. The van der Waals surface area contributed by atoms with E-state index in [2.05, 4.69) is 70.0 Å². The Morgan fingerprint density at radius 1 is 0.629 bits per heavy atom. The fourth-order valence-corrected chi connectivity index (χ4v) is 7.10. The van der Waals surface area contributed by atoms with Crippen molar-refractivity contribution in [3.05, 3.63) is 96.3 Å². The molecule has 0 atom stereocenters. The molecule has 0 aliphatic heterocycles. The summed E-state index contributed by atoms with van der Waals surface area (Å²) in [6.45, 7) is 0. The van der Waals surface area contributed by atoms with Gasteiger partial charge in [-0.1, -0.05) is 24.3 Å². The molecule has 8 aromatic rings. The standard InChI is InChI=1S/C30H16N4S/c1-2-6-18-16(5-1)11-17-12-22-23-13-21-19-7-3-10-32-29(19)34-25-8-4-9-31-28(25)33-30(34)24(21)15-27(23)35-26(22)14-20(17)18/h1-10,12-15H,11H2. The Morgan fingerprint density at radius 2 is 1.49 bits per heavy atom. The van der Waals surface area contributed by atoms with Gasteiger partial charge in [-0.2, -0.15) is 0 Å². The molecule has 162 valence electrons. The number of thiophene rings is 1. The summed E-state index contributed by atoms with van der Waals surface area (Å²) in [5.41, 5.74) is 9.17. The number of hydrogen-bond acceptors (Lipinski definition) is 4. The molecule has 0 saturated heterocycles. The number of aromatic nitrogens is 4. The van der Waals surface area contributed by atoms with Gasteiger partial charge in [0.2, 0.25) is 0 Å². The van der Waals surface area contributed by atoms with Gasteiger partial charge in [-0.25, -0.2) is 15.0 Å². The fraction of sp³-hybridized carbons (Fsp3) is 0.0333. The first kappa shape index (κ1) is 18.0. The third-order valence-electron chi connectivity index (χ3n) is 7.48. The van der Waals surface area contributed by atoms with Gasteiger partial charge >= 0.3 is 0 Å². The van der Waals surface area contributed by atoms with E-state index in [9.17, 15) is 0 Å². The molecule has 0 unspecified atom stereocenters. The molecule has 5 heterocycles. The lowest BCUT2D eigenvalue weighted by molar-refractivity contribution is 1.23. The largest absolute Gasteiger partial charge is 0.274 e. The molecule has 4 nitrogen and oxygen atoms in total. The molecule has 35 heavy (non-hydrogen) atoms. The van der Waals surface area contributed by atoms with Crippen LogP contribution in [0.1, 0.15) is 11.1 Å². The van der Waals surface area contributed by atoms with Crippen LogP contribution in [0.25, 0.3) is 69.9 Å². The second-order valence-electron chi connectivity index (χ2n) is 9.33. The van der Waals surface area contributed by atoms with E-state index in [4.69, 9.17) is 9.97 Å². The second kappa shape index (κ2) is 6.20. The minimum absolute atomic E-state index is 0.749. The zero-order valence-corrected chi connectivity index (χ0v) is 19.3. The lowest BCUT2D eigenvalue weighted by Crippen LogP contribution is -1.93. The van der Waals surface area contributed by atoms with Crippen molar-refractivity contribution in [1.29, 1.82) is 0 Å². The average Bonchev–Trinajstić information content (AvgIpc) is 3.57. The van der Waals surface area contributed by atoms with E-state index in [1.54, 1.807) is 6.20 Å². The molecule has 0 saturated carbocycles. The maximum Gasteiger partial charge on any atom is 0.178 e. The molecule has 9 rings (SSSR count). The van der Waals surface area contributed by atoms with Crippen LogP contribution in [0.3, 0.4) is 0 Å². The summed E-state index contributed by atoms with van der Waals surface area (Å²) in [6, 6.07) is 26.5. The SMILES string of the molecule is c1ccc2c(c1)Cc1cc3c(cc1-2)sc1cc2c(cc13)c1cccnc1n1c3cccnc3nc21. The highest BCUT2D eigenvalue weighted by Crippen LogP contribution is 2.45. The summed E-state index contributed by atoms with van der Waals surface area (Å²) in [5.74, 6) is 0. The van der Waals surface area contributed by atoms with Gasteiger partial charge in [-0.3, -0.25) is 4.40 Å². The van der Waals surface area contributed by atoms with Crippen molar-refractivity contribution in [1.82, 2.24) is 19.4 Å². The molecule has 1 aliphatic carbocycles. The lowest BCUT2D eigenvalue weighted by atomic mass is 10.0. The van der Waals surface area contributed by atoms with Gasteiger partial charge in [-0.15, -0.1) is 11.3 Å². The predicted octanol–water partition coefficient (Wildman–Crippen LogP) is 7.52. The molecule has 5 aromatic heterocycles. The Labute approximate surface area is 203 Å². The Kier molecular flexibility index (Phi) is 3.20. The average molecular weight is 465 g/mol. The topological polar surface area (TPSA) is 43.1 Å². The van der Waals surface area contributed by atoms with Crippen molar-refractivity contribution in [2.45, 2.75) is 6.42 Å². The van der Waals surface area contributed by atoms with Crippen molar-refractivity contribution in [2.75, 3.05) is 0 Å². The third kappa shape index (κ3) is 2.24. The van der Waals surface area contributed by atoms with Crippen LogP contribution < -0.4 is 0 Å². The van der Waals surface area contributed by atoms with Crippen molar-refractivity contribution in [3.8, 4) is 11.1 Å². The van der Waals surface area contributed by atoms with Crippen LogP contribution in [-0.2, 0) is 6.42 Å². The van der Waals surface area contributed by atoms with Crippen molar-refractivity contribution < 1.29 is 0 Å². The van der Waals surface area contributed by atoms with E-state index in [1.807, 2.05) is 29.7 Å². The Balaban J connectivity index is 1.45. The third-order valence-corrected chi connectivity index (χ3v) is 8.60. The van der Waals surface area contributed by atoms with Gasteiger partial charge < -0.3 is 0 Å². The van der Waals surface area contributed by atoms with Crippen LogP contribution in [-0.4, -0.2) is 19.4 Å². The van der Waals surface area contributed by atoms with Gasteiger partial charge in [0, 0.05) is 43.3 Å². The zero-order chi connectivity index (χ0) is 22.7. The Morgan fingerprint density at radius 3 is 2.49 bits per heavy atom. The van der Waals surface area contributed by atoms with Crippen LogP contribution in [0.15, 0.2) is 85.2 Å². The van der Waals surface area contributed by atoms with Crippen molar-refractivity contribution in [2.24, 2.45) is 0 Å². The maximum atomic E-state index is 4.95. The molecule has 0 amide bonds. The molecule has 1 aliphatic rings. The number of fused-ring (bicyclic) bond motifs is 14. The van der Waals surface area contributed by atoms with Gasteiger partial charge in [0.25, 0.3) is 0 Å². The molecular formula is C30H16N4S. The molecule has 0 bridgehead atoms. The summed E-state index contributed by atoms with van der Waals surface area (Å²) in [5, 5.41) is 6.10. The number of hydrogen-bond donors (Lipinski definition) is 0. The highest BCUT2D eigenvalue weighted by atomic mass is 32.1. The highest BCUT2D eigenvalue weighted by Gasteiger charge is 2.21.